The molecule has 3 heterocycles. The molecule has 5 nitrogen and oxygen atoms in total. The van der Waals surface area contributed by atoms with Gasteiger partial charge in [0, 0.05) is 12.4 Å². The van der Waals surface area contributed by atoms with E-state index in [9.17, 15) is 0 Å². The van der Waals surface area contributed by atoms with Crippen molar-refractivity contribution in [3.63, 3.8) is 0 Å². The second-order valence-electron chi connectivity index (χ2n) is 4.66. The van der Waals surface area contributed by atoms with Gasteiger partial charge >= 0.3 is 0 Å². The summed E-state index contributed by atoms with van der Waals surface area (Å²) in [6.07, 6.45) is 6.40. The number of benzene rings is 2. The molecule has 24 heavy (non-hydrogen) atoms. The summed E-state index contributed by atoms with van der Waals surface area (Å²) in [5.41, 5.74) is 3.52. The van der Waals surface area contributed by atoms with Crippen LogP contribution in [0.25, 0.3) is 22.2 Å². The van der Waals surface area contributed by atoms with Gasteiger partial charge in [0.1, 0.15) is 11.0 Å². The molecule has 0 radical (unpaired) electrons. The maximum atomic E-state index is 5.01. The molecule has 0 unspecified atom stereocenters. The van der Waals surface area contributed by atoms with Crippen molar-refractivity contribution in [3.05, 3.63) is 91.9 Å². The van der Waals surface area contributed by atoms with Crippen molar-refractivity contribution in [2.75, 3.05) is 0 Å². The van der Waals surface area contributed by atoms with Crippen LogP contribution in [0.5, 0.6) is 0 Å². The summed E-state index contributed by atoms with van der Waals surface area (Å²) in [4.78, 5) is 11.7. The second-order valence-corrected chi connectivity index (χ2v) is 4.66. The Morgan fingerprint density at radius 1 is 0.542 bits per heavy atom. The molecule has 0 amide bonds. The number of para-hydroxylation sites is 4. The highest BCUT2D eigenvalue weighted by molar-refractivity contribution is 5.71. The van der Waals surface area contributed by atoms with Crippen LogP contribution in [0, 0.1) is 0 Å². The first kappa shape index (κ1) is 15.4. The van der Waals surface area contributed by atoms with Gasteiger partial charge in [0.25, 0.3) is 0 Å². The van der Waals surface area contributed by atoms with Crippen molar-refractivity contribution < 1.29 is 8.83 Å². The quantitative estimate of drug-likeness (QED) is 0.413. The molecule has 5 aromatic rings. The van der Waals surface area contributed by atoms with Crippen LogP contribution in [0.3, 0.4) is 0 Å². The summed E-state index contributed by atoms with van der Waals surface area (Å²) in [6, 6.07) is 21.0. The van der Waals surface area contributed by atoms with Crippen LogP contribution in [0.4, 0.5) is 0 Å². The Morgan fingerprint density at radius 2 is 1.04 bits per heavy atom. The normalized spacial score (nSPS) is 9.67. The van der Waals surface area contributed by atoms with Gasteiger partial charge in [0.2, 0.25) is 0 Å². The fourth-order valence-electron chi connectivity index (χ4n) is 1.92. The molecule has 118 valence electrons. The number of oxazole rings is 2. The number of aromatic nitrogens is 3. The van der Waals surface area contributed by atoms with E-state index < -0.39 is 0 Å². The van der Waals surface area contributed by atoms with E-state index in [-0.39, 0.29) is 0 Å². The van der Waals surface area contributed by atoms with E-state index in [4.69, 9.17) is 8.83 Å². The zero-order valence-electron chi connectivity index (χ0n) is 12.8. The molecule has 0 bridgehead atoms. The van der Waals surface area contributed by atoms with Gasteiger partial charge in [-0.1, -0.05) is 30.3 Å². The van der Waals surface area contributed by atoms with Gasteiger partial charge in [0.05, 0.1) is 0 Å². The van der Waals surface area contributed by atoms with Crippen LogP contribution in [0.15, 0.2) is 101 Å². The molecule has 0 aliphatic heterocycles. The molecule has 0 N–H and O–H groups in total. The van der Waals surface area contributed by atoms with Crippen LogP contribution in [-0.2, 0) is 0 Å². The minimum absolute atomic E-state index is 0.845. The Hall–Kier alpha value is -3.47. The molecule has 5 rings (SSSR count). The van der Waals surface area contributed by atoms with Crippen LogP contribution in [-0.4, -0.2) is 15.0 Å². The summed E-state index contributed by atoms with van der Waals surface area (Å²) in [7, 11) is 0. The van der Waals surface area contributed by atoms with E-state index in [0.717, 1.165) is 22.2 Å². The molecule has 0 aliphatic carbocycles. The summed E-state index contributed by atoms with van der Waals surface area (Å²) in [5.74, 6) is 0. The van der Waals surface area contributed by atoms with E-state index in [2.05, 4.69) is 15.0 Å². The Labute approximate surface area is 138 Å². The second kappa shape index (κ2) is 8.24. The lowest BCUT2D eigenvalue weighted by Crippen LogP contribution is -1.61. The number of hydrogen-bond acceptors (Lipinski definition) is 5. The standard InChI is InChI=1S/2C7H5NO.C5H5N/c2*1-2-4-7-6(3-1)8-5-9-7;1-2-4-6-5-3-1/h2*1-5H;1-5H. The average Bonchev–Trinajstić information content (AvgIpc) is 3.33. The monoisotopic (exact) mass is 317 g/mol. The number of fused-ring (bicyclic) bond motifs is 2. The highest BCUT2D eigenvalue weighted by Crippen LogP contribution is 2.09. The first-order valence-electron chi connectivity index (χ1n) is 7.35. The predicted octanol–water partition coefficient (Wildman–Crippen LogP) is 4.74. The van der Waals surface area contributed by atoms with Crippen molar-refractivity contribution in [1.29, 1.82) is 0 Å². The smallest absolute Gasteiger partial charge is 0.181 e. The van der Waals surface area contributed by atoms with Crippen LogP contribution >= 0.6 is 0 Å². The number of nitrogens with zero attached hydrogens (tertiary/aromatic N) is 3. The zero-order chi connectivity index (χ0) is 16.5. The Balaban J connectivity index is 0.000000108. The van der Waals surface area contributed by atoms with Crippen molar-refractivity contribution in [2.45, 2.75) is 0 Å². The third kappa shape index (κ3) is 4.27. The number of rotatable bonds is 0. The van der Waals surface area contributed by atoms with Crippen molar-refractivity contribution in [2.24, 2.45) is 0 Å². The van der Waals surface area contributed by atoms with E-state index in [0.29, 0.717) is 0 Å². The number of hydrogen-bond donors (Lipinski definition) is 0. The van der Waals surface area contributed by atoms with Crippen LogP contribution in [0.2, 0.25) is 0 Å². The Bertz CT molecular complexity index is 824. The summed E-state index contributed by atoms with van der Waals surface area (Å²) in [6.45, 7) is 0. The van der Waals surface area contributed by atoms with Crippen molar-refractivity contribution in [3.8, 4) is 0 Å². The molecule has 0 fully saturated rings. The highest BCUT2D eigenvalue weighted by Gasteiger charge is 1.92. The van der Waals surface area contributed by atoms with Gasteiger partial charge in [-0.05, 0) is 36.4 Å². The summed E-state index contributed by atoms with van der Waals surface area (Å²) >= 11 is 0. The maximum absolute atomic E-state index is 5.01. The molecule has 2 aromatic carbocycles. The van der Waals surface area contributed by atoms with Gasteiger partial charge < -0.3 is 8.83 Å². The van der Waals surface area contributed by atoms with Gasteiger partial charge in [-0.25, -0.2) is 9.97 Å². The predicted molar refractivity (Wildman–Crippen MR) is 92.3 cm³/mol. The minimum Gasteiger partial charge on any atom is -0.443 e. The van der Waals surface area contributed by atoms with Gasteiger partial charge in [-0.3, -0.25) is 4.98 Å². The van der Waals surface area contributed by atoms with E-state index in [1.807, 2.05) is 66.7 Å². The maximum Gasteiger partial charge on any atom is 0.181 e. The lowest BCUT2D eigenvalue weighted by molar-refractivity contribution is 0.602. The molecule has 0 saturated heterocycles. The van der Waals surface area contributed by atoms with Crippen LogP contribution in [0.1, 0.15) is 0 Å². The highest BCUT2D eigenvalue weighted by atomic mass is 16.3. The topological polar surface area (TPSA) is 65.0 Å². The largest absolute Gasteiger partial charge is 0.443 e. The van der Waals surface area contributed by atoms with E-state index >= 15 is 0 Å². The van der Waals surface area contributed by atoms with Gasteiger partial charge in [-0.15, -0.1) is 0 Å². The zero-order valence-corrected chi connectivity index (χ0v) is 12.8. The molecule has 0 aliphatic rings. The number of pyridine rings is 1. The Morgan fingerprint density at radius 3 is 1.42 bits per heavy atom. The first-order valence-corrected chi connectivity index (χ1v) is 7.35. The minimum atomic E-state index is 0.845. The molecule has 0 saturated carbocycles. The first-order chi connectivity index (χ1) is 11.9. The molecular formula is C19H15N3O2. The van der Waals surface area contributed by atoms with E-state index in [1.54, 1.807) is 12.4 Å². The van der Waals surface area contributed by atoms with E-state index in [1.165, 1.54) is 12.8 Å². The summed E-state index contributed by atoms with van der Waals surface area (Å²) in [5, 5.41) is 0. The average molecular weight is 317 g/mol. The lowest BCUT2D eigenvalue weighted by Gasteiger charge is -1.79. The third-order valence-corrected chi connectivity index (χ3v) is 3.04. The lowest BCUT2D eigenvalue weighted by atomic mass is 10.3. The third-order valence-electron chi connectivity index (χ3n) is 3.04. The molecule has 0 atom stereocenters. The fraction of sp³-hybridized carbons (Fsp3) is 0. The molecule has 0 spiro atoms. The molecular weight excluding hydrogens is 302 g/mol. The van der Waals surface area contributed by atoms with Crippen molar-refractivity contribution in [1.82, 2.24) is 15.0 Å². The summed E-state index contributed by atoms with van der Waals surface area (Å²) < 4.78 is 10.0. The molecule has 3 aromatic heterocycles. The molecule has 5 heteroatoms. The van der Waals surface area contributed by atoms with Gasteiger partial charge in [-0.2, -0.15) is 0 Å². The van der Waals surface area contributed by atoms with Crippen LogP contribution < -0.4 is 0 Å². The van der Waals surface area contributed by atoms with Gasteiger partial charge in [0.15, 0.2) is 24.0 Å². The SMILES string of the molecule is c1ccc2ocnc2c1.c1ccc2ocnc2c1.c1ccncc1. The van der Waals surface area contributed by atoms with Crippen molar-refractivity contribution >= 4 is 22.2 Å². The Kier molecular flexibility index (Phi) is 5.30. The fourth-order valence-corrected chi connectivity index (χ4v) is 1.92.